The van der Waals surface area contributed by atoms with Gasteiger partial charge in [-0.2, -0.15) is 0 Å². The number of aromatic carboxylic acids is 1. The maximum absolute atomic E-state index is 14.3. The molecule has 0 aliphatic carbocycles. The Bertz CT molecular complexity index is 825. The predicted octanol–water partition coefficient (Wildman–Crippen LogP) is 3.28. The first kappa shape index (κ1) is 18.6. The highest BCUT2D eigenvalue weighted by Crippen LogP contribution is 2.32. The van der Waals surface area contributed by atoms with Crippen molar-refractivity contribution in [3.8, 4) is 5.75 Å². The summed E-state index contributed by atoms with van der Waals surface area (Å²) in [5, 5.41) is 19.0. The molecule has 25 heavy (non-hydrogen) atoms. The Morgan fingerprint density at radius 1 is 1.16 bits per heavy atom. The number of ketones is 1. The number of carboxylic acids is 1. The fraction of sp³-hybridized carbons (Fsp3) is 0.316. The van der Waals surface area contributed by atoms with Crippen molar-refractivity contribution in [2.24, 2.45) is 0 Å². The number of aromatic nitrogens is 1. The Labute approximate surface area is 145 Å². The number of carbonyl (C=O) groups excluding carboxylic acids is 1. The van der Waals surface area contributed by atoms with Gasteiger partial charge in [0, 0.05) is 24.6 Å². The first-order chi connectivity index (χ1) is 11.6. The molecule has 6 heteroatoms. The number of halogens is 1. The summed E-state index contributed by atoms with van der Waals surface area (Å²) >= 11 is 0. The normalized spacial score (nSPS) is 11.4. The Balaban J connectivity index is 2.17. The number of aromatic hydroxyl groups is 1. The highest BCUT2D eigenvalue weighted by molar-refractivity contribution is 5.87. The highest BCUT2D eigenvalue weighted by Gasteiger charge is 2.21. The van der Waals surface area contributed by atoms with Crippen LogP contribution in [0.2, 0.25) is 0 Å². The number of carbonyl (C=O) groups is 2. The minimum Gasteiger partial charge on any atom is -0.508 e. The smallest absolute Gasteiger partial charge is 0.354 e. The summed E-state index contributed by atoms with van der Waals surface area (Å²) in [5.74, 6) is -2.06. The summed E-state index contributed by atoms with van der Waals surface area (Å²) in [6.07, 6.45) is 1.09. The summed E-state index contributed by atoms with van der Waals surface area (Å²) in [4.78, 5) is 26.8. The molecule has 2 aromatic rings. The Morgan fingerprint density at radius 3 is 2.44 bits per heavy atom. The van der Waals surface area contributed by atoms with Gasteiger partial charge in [-0.25, -0.2) is 14.2 Å². The van der Waals surface area contributed by atoms with Crippen LogP contribution in [0.25, 0.3) is 0 Å². The lowest BCUT2D eigenvalue weighted by Gasteiger charge is -2.21. The monoisotopic (exact) mass is 345 g/mol. The SMILES string of the molecule is CC(C)(C)c1cc(F)c(CC(=O)Cc2ccnc(C(=O)O)c2)cc1O. The molecule has 0 unspecified atom stereocenters. The van der Waals surface area contributed by atoms with E-state index < -0.39 is 17.2 Å². The van der Waals surface area contributed by atoms with Crippen molar-refractivity contribution in [2.45, 2.75) is 39.0 Å². The number of nitrogens with zero attached hydrogens (tertiary/aromatic N) is 1. The second-order valence-electron chi connectivity index (χ2n) is 6.96. The summed E-state index contributed by atoms with van der Waals surface area (Å²) < 4.78 is 14.3. The number of phenols is 1. The molecule has 0 bridgehead atoms. The van der Waals surface area contributed by atoms with Crippen molar-refractivity contribution < 1.29 is 24.2 Å². The van der Waals surface area contributed by atoms with Crippen LogP contribution in [0.5, 0.6) is 5.75 Å². The fourth-order valence-corrected chi connectivity index (χ4v) is 2.55. The number of hydrogen-bond acceptors (Lipinski definition) is 4. The molecule has 0 spiro atoms. The van der Waals surface area contributed by atoms with Crippen molar-refractivity contribution >= 4 is 11.8 Å². The third-order valence-electron chi connectivity index (χ3n) is 3.81. The number of rotatable bonds is 5. The topological polar surface area (TPSA) is 87.5 Å². The standard InChI is InChI=1S/C19H20FNO4/c1-19(2,3)14-10-15(20)12(9-17(14)23)8-13(22)6-11-4-5-21-16(7-11)18(24)25/h4-5,7,9-10,23H,6,8H2,1-3H3,(H,24,25). The number of phenolic OH excluding ortho intramolecular Hbond substituents is 1. The number of carboxylic acid groups (broad SMARTS) is 1. The van der Waals surface area contributed by atoms with E-state index in [-0.39, 0.29) is 35.6 Å². The number of pyridine rings is 1. The second-order valence-corrected chi connectivity index (χ2v) is 6.96. The molecule has 1 heterocycles. The number of benzene rings is 1. The van der Waals surface area contributed by atoms with Crippen LogP contribution in [0.15, 0.2) is 30.5 Å². The van der Waals surface area contributed by atoms with Gasteiger partial charge in [-0.05, 0) is 40.8 Å². The van der Waals surface area contributed by atoms with E-state index in [1.807, 2.05) is 20.8 Å². The Hall–Kier alpha value is -2.76. The van der Waals surface area contributed by atoms with E-state index in [9.17, 15) is 19.1 Å². The average Bonchev–Trinajstić information content (AvgIpc) is 2.49. The van der Waals surface area contributed by atoms with Gasteiger partial charge in [0.1, 0.15) is 23.0 Å². The zero-order valence-corrected chi connectivity index (χ0v) is 14.3. The zero-order chi connectivity index (χ0) is 18.8. The fourth-order valence-electron chi connectivity index (χ4n) is 2.55. The molecule has 0 saturated heterocycles. The van der Waals surface area contributed by atoms with E-state index in [1.165, 1.54) is 24.4 Å². The molecular formula is C19H20FNO4. The van der Waals surface area contributed by atoms with Crippen molar-refractivity contribution in [2.75, 3.05) is 0 Å². The molecule has 0 aliphatic rings. The Morgan fingerprint density at radius 2 is 1.84 bits per heavy atom. The van der Waals surface area contributed by atoms with Gasteiger partial charge in [-0.15, -0.1) is 0 Å². The number of Topliss-reactive ketones (excluding diaryl/α,β-unsaturated/α-hetero) is 1. The molecule has 2 rings (SSSR count). The van der Waals surface area contributed by atoms with Crippen molar-refractivity contribution in [3.63, 3.8) is 0 Å². The lowest BCUT2D eigenvalue weighted by atomic mass is 9.85. The molecular weight excluding hydrogens is 325 g/mol. The lowest BCUT2D eigenvalue weighted by Crippen LogP contribution is -2.14. The molecule has 0 saturated carbocycles. The third kappa shape index (κ3) is 4.62. The summed E-state index contributed by atoms with van der Waals surface area (Å²) in [7, 11) is 0. The molecule has 5 nitrogen and oxygen atoms in total. The van der Waals surface area contributed by atoms with E-state index in [2.05, 4.69) is 4.98 Å². The van der Waals surface area contributed by atoms with Gasteiger partial charge in [-0.1, -0.05) is 20.8 Å². The van der Waals surface area contributed by atoms with E-state index in [4.69, 9.17) is 5.11 Å². The van der Waals surface area contributed by atoms with Gasteiger partial charge in [-0.3, -0.25) is 4.79 Å². The van der Waals surface area contributed by atoms with Gasteiger partial charge in [0.05, 0.1) is 0 Å². The van der Waals surface area contributed by atoms with Crippen LogP contribution in [0.3, 0.4) is 0 Å². The van der Waals surface area contributed by atoms with Crippen LogP contribution in [0.4, 0.5) is 4.39 Å². The van der Waals surface area contributed by atoms with E-state index >= 15 is 0 Å². The molecule has 1 aromatic heterocycles. The van der Waals surface area contributed by atoms with Gasteiger partial charge >= 0.3 is 5.97 Å². The Kier molecular flexibility index (Phi) is 5.21. The third-order valence-corrected chi connectivity index (χ3v) is 3.81. The van der Waals surface area contributed by atoms with Crippen LogP contribution in [0, 0.1) is 5.82 Å². The molecule has 0 atom stereocenters. The van der Waals surface area contributed by atoms with Crippen LogP contribution in [0.1, 0.15) is 48.0 Å². The minimum absolute atomic E-state index is 0.0377. The van der Waals surface area contributed by atoms with Crippen LogP contribution >= 0.6 is 0 Å². The van der Waals surface area contributed by atoms with Gasteiger partial charge in [0.2, 0.25) is 0 Å². The maximum Gasteiger partial charge on any atom is 0.354 e. The van der Waals surface area contributed by atoms with Crippen LogP contribution in [-0.4, -0.2) is 26.9 Å². The van der Waals surface area contributed by atoms with Gasteiger partial charge in [0.25, 0.3) is 0 Å². The molecule has 1 aromatic carbocycles. The van der Waals surface area contributed by atoms with E-state index in [1.54, 1.807) is 6.07 Å². The van der Waals surface area contributed by atoms with Crippen molar-refractivity contribution in [1.29, 1.82) is 0 Å². The predicted molar refractivity (Wildman–Crippen MR) is 90.4 cm³/mol. The molecule has 0 fully saturated rings. The molecule has 0 aliphatic heterocycles. The van der Waals surface area contributed by atoms with E-state index in [0.717, 1.165) is 0 Å². The largest absolute Gasteiger partial charge is 0.508 e. The van der Waals surface area contributed by atoms with Gasteiger partial charge < -0.3 is 10.2 Å². The average molecular weight is 345 g/mol. The summed E-state index contributed by atoms with van der Waals surface area (Å²) in [5.41, 5.74) is 0.513. The lowest BCUT2D eigenvalue weighted by molar-refractivity contribution is -0.117. The molecule has 0 amide bonds. The zero-order valence-electron chi connectivity index (χ0n) is 14.3. The quantitative estimate of drug-likeness (QED) is 0.868. The highest BCUT2D eigenvalue weighted by atomic mass is 19.1. The van der Waals surface area contributed by atoms with Crippen LogP contribution in [-0.2, 0) is 23.1 Å². The minimum atomic E-state index is -1.18. The van der Waals surface area contributed by atoms with Crippen LogP contribution < -0.4 is 0 Å². The van der Waals surface area contributed by atoms with Crippen molar-refractivity contribution in [3.05, 3.63) is 58.7 Å². The second kappa shape index (κ2) is 7.01. The summed E-state index contributed by atoms with van der Waals surface area (Å²) in [6.45, 7) is 5.57. The molecule has 0 radical (unpaired) electrons. The first-order valence-corrected chi connectivity index (χ1v) is 7.79. The first-order valence-electron chi connectivity index (χ1n) is 7.79. The maximum atomic E-state index is 14.3. The molecule has 132 valence electrons. The van der Waals surface area contributed by atoms with Gasteiger partial charge in [0.15, 0.2) is 0 Å². The van der Waals surface area contributed by atoms with E-state index in [0.29, 0.717) is 11.1 Å². The van der Waals surface area contributed by atoms with Crippen molar-refractivity contribution in [1.82, 2.24) is 4.98 Å². The molecule has 2 N–H and O–H groups in total. The number of hydrogen-bond donors (Lipinski definition) is 2. The summed E-state index contributed by atoms with van der Waals surface area (Å²) in [6, 6.07) is 5.40.